The van der Waals surface area contributed by atoms with E-state index >= 15 is 0 Å². The van der Waals surface area contributed by atoms with Crippen LogP contribution in [0.1, 0.15) is 16.8 Å². The Balaban J connectivity index is 1.49. The van der Waals surface area contributed by atoms with Crippen LogP contribution >= 0.6 is 11.8 Å². The van der Waals surface area contributed by atoms with E-state index in [4.69, 9.17) is 4.74 Å². The van der Waals surface area contributed by atoms with Crippen molar-refractivity contribution in [2.24, 2.45) is 0 Å². The van der Waals surface area contributed by atoms with Gasteiger partial charge < -0.3 is 10.1 Å². The van der Waals surface area contributed by atoms with Crippen molar-refractivity contribution >= 4 is 33.4 Å². The molecule has 3 rings (SSSR count). The van der Waals surface area contributed by atoms with Gasteiger partial charge >= 0.3 is 0 Å². The lowest BCUT2D eigenvalue weighted by Gasteiger charge is -2.10. The Labute approximate surface area is 187 Å². The molecule has 6 nitrogen and oxygen atoms in total. The summed E-state index contributed by atoms with van der Waals surface area (Å²) in [7, 11) is -2.21. The Morgan fingerprint density at radius 2 is 1.61 bits per heavy atom. The third kappa shape index (κ3) is 6.77. The van der Waals surface area contributed by atoms with Gasteiger partial charge in [0.05, 0.1) is 12.0 Å². The van der Waals surface area contributed by atoms with E-state index in [1.54, 1.807) is 43.1 Å². The largest absolute Gasteiger partial charge is 0.497 e. The first-order valence-corrected chi connectivity index (χ1v) is 12.2. The van der Waals surface area contributed by atoms with E-state index in [1.807, 2.05) is 18.2 Å². The number of ether oxygens (including phenoxy) is 1. The Kier molecular flexibility index (Phi) is 7.97. The molecule has 0 aliphatic heterocycles. The quantitative estimate of drug-likeness (QED) is 0.349. The van der Waals surface area contributed by atoms with Gasteiger partial charge in [0.25, 0.3) is 15.9 Å². The first kappa shape index (κ1) is 22.7. The van der Waals surface area contributed by atoms with Crippen molar-refractivity contribution in [2.75, 3.05) is 24.1 Å². The molecule has 0 bridgehead atoms. The Morgan fingerprint density at radius 3 is 2.26 bits per heavy atom. The predicted octanol–water partition coefficient (Wildman–Crippen LogP) is 4.41. The number of sulfonamides is 1. The first-order chi connectivity index (χ1) is 15.0. The molecule has 0 saturated carbocycles. The Hall–Kier alpha value is -2.97. The lowest BCUT2D eigenvalue weighted by molar-refractivity contribution is 0.0953. The van der Waals surface area contributed by atoms with Crippen molar-refractivity contribution in [3.05, 3.63) is 84.4 Å². The normalized spacial score (nSPS) is 11.0. The topological polar surface area (TPSA) is 84.5 Å². The minimum Gasteiger partial charge on any atom is -0.497 e. The standard InChI is InChI=1S/C23H24N2O4S2/c1-29-20-12-10-19(11-13-20)25-31(27,28)22-14-8-18(9-15-22)23(26)24-16-5-17-30-21-6-3-2-4-7-21/h2-4,6-15,25H,5,16-17H2,1H3,(H,24,26). The molecule has 8 heteroatoms. The second kappa shape index (κ2) is 10.9. The fourth-order valence-corrected chi connectivity index (χ4v) is 4.67. The van der Waals surface area contributed by atoms with E-state index in [0.29, 0.717) is 23.5 Å². The van der Waals surface area contributed by atoms with Gasteiger partial charge in [0.1, 0.15) is 5.75 Å². The van der Waals surface area contributed by atoms with Crippen molar-refractivity contribution in [1.82, 2.24) is 5.32 Å². The van der Waals surface area contributed by atoms with Crippen molar-refractivity contribution < 1.29 is 17.9 Å². The monoisotopic (exact) mass is 456 g/mol. The molecule has 3 aromatic carbocycles. The van der Waals surface area contributed by atoms with E-state index < -0.39 is 10.0 Å². The number of benzene rings is 3. The van der Waals surface area contributed by atoms with Gasteiger partial charge in [-0.25, -0.2) is 8.42 Å². The summed E-state index contributed by atoms with van der Waals surface area (Å²) >= 11 is 1.74. The second-order valence-corrected chi connectivity index (χ2v) is 9.48. The summed E-state index contributed by atoms with van der Waals surface area (Å²) in [5.74, 6) is 1.31. The second-order valence-electron chi connectivity index (χ2n) is 6.63. The maximum atomic E-state index is 12.6. The van der Waals surface area contributed by atoms with Gasteiger partial charge in [-0.15, -0.1) is 11.8 Å². The number of rotatable bonds is 10. The summed E-state index contributed by atoms with van der Waals surface area (Å²) in [6.45, 7) is 0.553. The molecule has 0 unspecified atom stereocenters. The molecule has 0 fully saturated rings. The molecule has 0 atom stereocenters. The van der Waals surface area contributed by atoms with Crippen LogP contribution in [-0.4, -0.2) is 33.7 Å². The molecule has 0 saturated heterocycles. The number of carbonyl (C=O) groups is 1. The molecule has 1 amide bonds. The minimum absolute atomic E-state index is 0.0825. The number of anilines is 1. The molecule has 0 aliphatic carbocycles. The molecule has 0 aliphatic rings. The predicted molar refractivity (Wildman–Crippen MR) is 124 cm³/mol. The molecule has 31 heavy (non-hydrogen) atoms. The Morgan fingerprint density at radius 1 is 0.935 bits per heavy atom. The van der Waals surface area contributed by atoms with Crippen LogP contribution in [0.2, 0.25) is 0 Å². The highest BCUT2D eigenvalue weighted by Gasteiger charge is 2.15. The van der Waals surface area contributed by atoms with Crippen LogP contribution in [0.5, 0.6) is 5.75 Å². The first-order valence-electron chi connectivity index (χ1n) is 9.71. The summed E-state index contributed by atoms with van der Waals surface area (Å²) in [6, 6.07) is 22.5. The molecule has 162 valence electrons. The number of hydrogen-bond donors (Lipinski definition) is 2. The summed E-state index contributed by atoms with van der Waals surface area (Å²) in [4.78, 5) is 13.6. The van der Waals surface area contributed by atoms with Gasteiger partial charge in [0.2, 0.25) is 0 Å². The van der Waals surface area contributed by atoms with Crippen LogP contribution in [0.25, 0.3) is 0 Å². The van der Waals surface area contributed by atoms with E-state index in [0.717, 1.165) is 12.2 Å². The fourth-order valence-electron chi connectivity index (χ4n) is 2.74. The van der Waals surface area contributed by atoms with Crippen molar-refractivity contribution in [3.63, 3.8) is 0 Å². The fraction of sp³-hybridized carbons (Fsp3) is 0.174. The molecule has 3 aromatic rings. The molecule has 0 radical (unpaired) electrons. The summed E-state index contributed by atoms with van der Waals surface area (Å²) in [6.07, 6.45) is 0.837. The van der Waals surface area contributed by atoms with E-state index in [2.05, 4.69) is 22.2 Å². The number of hydrogen-bond acceptors (Lipinski definition) is 5. The molecule has 0 aromatic heterocycles. The number of methoxy groups -OCH3 is 1. The zero-order valence-corrected chi connectivity index (χ0v) is 18.7. The van der Waals surface area contributed by atoms with Gasteiger partial charge in [-0.05, 0) is 72.8 Å². The highest BCUT2D eigenvalue weighted by Crippen LogP contribution is 2.20. The molecular weight excluding hydrogens is 432 g/mol. The Bertz CT molecular complexity index is 1080. The van der Waals surface area contributed by atoms with Crippen molar-refractivity contribution in [3.8, 4) is 5.75 Å². The highest BCUT2D eigenvalue weighted by molar-refractivity contribution is 7.99. The van der Waals surface area contributed by atoms with E-state index in [9.17, 15) is 13.2 Å². The van der Waals surface area contributed by atoms with E-state index in [1.165, 1.54) is 29.2 Å². The van der Waals surface area contributed by atoms with Crippen molar-refractivity contribution in [2.45, 2.75) is 16.2 Å². The zero-order chi connectivity index (χ0) is 22.1. The summed E-state index contributed by atoms with van der Waals surface area (Å²) < 4.78 is 32.7. The van der Waals surface area contributed by atoms with Crippen LogP contribution in [0.3, 0.4) is 0 Å². The van der Waals surface area contributed by atoms with Gasteiger partial charge in [0.15, 0.2) is 0 Å². The molecular formula is C23H24N2O4S2. The lowest BCUT2D eigenvalue weighted by Crippen LogP contribution is -2.24. The van der Waals surface area contributed by atoms with Crippen LogP contribution in [0.4, 0.5) is 5.69 Å². The van der Waals surface area contributed by atoms with Crippen LogP contribution in [-0.2, 0) is 10.0 Å². The third-order valence-electron chi connectivity index (χ3n) is 4.39. The van der Waals surface area contributed by atoms with Gasteiger partial charge in [-0.3, -0.25) is 9.52 Å². The maximum absolute atomic E-state index is 12.6. The van der Waals surface area contributed by atoms with Crippen LogP contribution < -0.4 is 14.8 Å². The highest BCUT2D eigenvalue weighted by atomic mass is 32.2. The average Bonchev–Trinajstić information content (AvgIpc) is 2.80. The van der Waals surface area contributed by atoms with Crippen molar-refractivity contribution in [1.29, 1.82) is 0 Å². The minimum atomic E-state index is -3.75. The smallest absolute Gasteiger partial charge is 0.261 e. The SMILES string of the molecule is COc1ccc(NS(=O)(=O)c2ccc(C(=O)NCCCSc3ccccc3)cc2)cc1. The zero-order valence-electron chi connectivity index (χ0n) is 17.1. The molecule has 0 heterocycles. The maximum Gasteiger partial charge on any atom is 0.261 e. The van der Waals surface area contributed by atoms with Gasteiger partial charge in [-0.1, -0.05) is 18.2 Å². The van der Waals surface area contributed by atoms with Gasteiger partial charge in [0, 0.05) is 22.7 Å². The van der Waals surface area contributed by atoms with Crippen LogP contribution in [0, 0.1) is 0 Å². The lowest BCUT2D eigenvalue weighted by atomic mass is 10.2. The number of thioether (sulfide) groups is 1. The molecule has 0 spiro atoms. The average molecular weight is 457 g/mol. The number of carbonyl (C=O) groups excluding carboxylic acids is 1. The summed E-state index contributed by atoms with van der Waals surface area (Å²) in [5, 5.41) is 2.86. The van der Waals surface area contributed by atoms with Gasteiger partial charge in [-0.2, -0.15) is 0 Å². The number of nitrogens with one attached hydrogen (secondary N) is 2. The number of amides is 1. The molecule has 2 N–H and O–H groups in total. The van der Waals surface area contributed by atoms with Crippen LogP contribution in [0.15, 0.2) is 88.7 Å². The van der Waals surface area contributed by atoms with E-state index in [-0.39, 0.29) is 10.8 Å². The summed E-state index contributed by atoms with van der Waals surface area (Å²) in [5.41, 5.74) is 0.843. The third-order valence-corrected chi connectivity index (χ3v) is 6.88.